The quantitative estimate of drug-likeness (QED) is 0.656. The molecule has 1 aromatic carbocycles. The average Bonchev–Trinajstić information content (AvgIpc) is 2.50. The Morgan fingerprint density at radius 3 is 2.62 bits per heavy atom. The molecule has 0 radical (unpaired) electrons. The molecule has 0 atom stereocenters. The maximum absolute atomic E-state index is 8.78. The minimum Gasteiger partial charge on any atom is -0.397 e. The lowest BCUT2D eigenvalue weighted by molar-refractivity contribution is 1.27. The Morgan fingerprint density at radius 2 is 2.05 bits per heavy atom. The van der Waals surface area contributed by atoms with E-state index in [0.717, 1.165) is 0 Å². The van der Waals surface area contributed by atoms with E-state index in [0.29, 0.717) is 27.7 Å². The van der Waals surface area contributed by atoms with Crippen LogP contribution in [0.5, 0.6) is 0 Å². The number of nitrogens with zero attached hydrogens (tertiary/aromatic N) is 3. The molecule has 0 amide bonds. The van der Waals surface area contributed by atoms with Gasteiger partial charge in [-0.2, -0.15) is 5.26 Å². The molecule has 0 saturated heterocycles. The molecule has 0 aliphatic rings. The molecule has 21 heavy (non-hydrogen) atoms. The number of aliphatic imine (C=N–C) groups is 1. The normalized spacial score (nSPS) is 10.3. The second-order valence-corrected chi connectivity index (χ2v) is 4.12. The summed E-state index contributed by atoms with van der Waals surface area (Å²) in [5, 5.41) is 9.11. The smallest absolute Gasteiger partial charge is 0.152 e. The molecular weight excluding hydrogens is 286 g/mol. The number of aromatic nitrogens is 1. The molecule has 2 aromatic rings. The van der Waals surface area contributed by atoms with Crippen LogP contribution in [0.15, 0.2) is 41.5 Å². The van der Waals surface area contributed by atoms with Gasteiger partial charge in [0, 0.05) is 6.20 Å². The van der Waals surface area contributed by atoms with Crippen molar-refractivity contribution in [3.63, 3.8) is 0 Å². The molecule has 0 saturated carbocycles. The molecule has 108 valence electrons. The molecule has 0 aliphatic heterocycles. The monoisotopic (exact) mass is 301 g/mol. The lowest BCUT2D eigenvalue weighted by Gasteiger charge is -2.04. The number of nitriles is 1. The number of halogens is 1. The number of rotatable bonds is 2. The highest BCUT2D eigenvalue weighted by molar-refractivity contribution is 6.32. The van der Waals surface area contributed by atoms with Crippen LogP contribution in [0.3, 0.4) is 0 Å². The molecule has 5 nitrogen and oxygen atoms in total. The summed E-state index contributed by atoms with van der Waals surface area (Å²) in [7, 11) is 0. The summed E-state index contributed by atoms with van der Waals surface area (Å²) in [6.45, 7) is 4.00. The molecule has 4 N–H and O–H groups in total. The molecule has 0 unspecified atom stereocenters. The van der Waals surface area contributed by atoms with Gasteiger partial charge in [-0.15, -0.1) is 0 Å². The third-order valence-electron chi connectivity index (χ3n) is 2.40. The van der Waals surface area contributed by atoms with Crippen molar-refractivity contribution in [2.45, 2.75) is 13.8 Å². The number of amidine groups is 1. The van der Waals surface area contributed by atoms with Gasteiger partial charge in [-0.25, -0.2) is 4.99 Å². The zero-order valence-corrected chi connectivity index (χ0v) is 12.6. The molecule has 1 aromatic heterocycles. The fraction of sp³-hybridized carbons (Fsp3) is 0.133. The van der Waals surface area contributed by atoms with Crippen LogP contribution in [0.4, 0.5) is 11.4 Å². The van der Waals surface area contributed by atoms with Gasteiger partial charge in [0.2, 0.25) is 0 Å². The second-order valence-electron chi connectivity index (χ2n) is 3.71. The summed E-state index contributed by atoms with van der Waals surface area (Å²) in [5.74, 6) is 0.193. The van der Waals surface area contributed by atoms with Crippen molar-refractivity contribution in [1.29, 1.82) is 5.26 Å². The molecule has 0 bridgehead atoms. The minimum atomic E-state index is 0.193. The molecule has 6 heteroatoms. The topological polar surface area (TPSA) is 101 Å². The Hall–Kier alpha value is -2.58. The highest BCUT2D eigenvalue weighted by Crippen LogP contribution is 2.22. The second kappa shape index (κ2) is 7.88. The summed E-state index contributed by atoms with van der Waals surface area (Å²) in [6.07, 6.45) is 1.58. The van der Waals surface area contributed by atoms with Crippen LogP contribution in [0, 0.1) is 11.3 Å². The highest BCUT2D eigenvalue weighted by atomic mass is 35.5. The van der Waals surface area contributed by atoms with Crippen LogP contribution < -0.4 is 11.5 Å². The van der Waals surface area contributed by atoms with Gasteiger partial charge in [0.15, 0.2) is 5.84 Å². The summed E-state index contributed by atoms with van der Waals surface area (Å²) >= 11 is 5.92. The van der Waals surface area contributed by atoms with Crippen LogP contribution in [-0.4, -0.2) is 10.8 Å². The first-order valence-corrected chi connectivity index (χ1v) is 6.74. The van der Waals surface area contributed by atoms with E-state index >= 15 is 0 Å². The zero-order chi connectivity index (χ0) is 15.8. The number of pyridine rings is 1. The Labute approximate surface area is 128 Å². The Balaban J connectivity index is 0.00000106. The average molecular weight is 302 g/mol. The largest absolute Gasteiger partial charge is 0.397 e. The summed E-state index contributed by atoms with van der Waals surface area (Å²) < 4.78 is 0. The maximum Gasteiger partial charge on any atom is 0.152 e. The van der Waals surface area contributed by atoms with Crippen molar-refractivity contribution < 1.29 is 0 Å². The Morgan fingerprint density at radius 1 is 1.33 bits per heavy atom. The van der Waals surface area contributed by atoms with Crippen LogP contribution >= 0.6 is 11.6 Å². The Kier molecular flexibility index (Phi) is 6.18. The van der Waals surface area contributed by atoms with Crippen molar-refractivity contribution in [1.82, 2.24) is 4.98 Å². The standard InChI is InChI=1S/C13H10ClN5.C2H6/c14-10-6-9(4-3-8(10)7-15)19-13(17)12-11(16)2-1-5-18-12;1-2/h1-6H,16H2,(H2,17,19);1-2H3. The van der Waals surface area contributed by atoms with Gasteiger partial charge in [-0.3, -0.25) is 4.98 Å². The van der Waals surface area contributed by atoms with Gasteiger partial charge in [-0.1, -0.05) is 25.4 Å². The molecule has 0 spiro atoms. The Bertz CT molecular complexity index is 689. The van der Waals surface area contributed by atoms with E-state index in [1.54, 1.807) is 36.5 Å². The van der Waals surface area contributed by atoms with Gasteiger partial charge in [0.1, 0.15) is 11.8 Å². The minimum absolute atomic E-state index is 0.193. The summed E-state index contributed by atoms with van der Waals surface area (Å²) in [4.78, 5) is 8.25. The molecular formula is C15H16ClN5. The fourth-order valence-electron chi connectivity index (χ4n) is 1.49. The van der Waals surface area contributed by atoms with Gasteiger partial charge >= 0.3 is 0 Å². The maximum atomic E-state index is 8.78. The fourth-order valence-corrected chi connectivity index (χ4v) is 1.71. The van der Waals surface area contributed by atoms with Crippen LogP contribution in [0.1, 0.15) is 25.1 Å². The van der Waals surface area contributed by atoms with Gasteiger partial charge in [0.05, 0.1) is 22.0 Å². The van der Waals surface area contributed by atoms with Gasteiger partial charge in [-0.05, 0) is 30.3 Å². The molecule has 2 rings (SSSR count). The molecule has 0 fully saturated rings. The van der Waals surface area contributed by atoms with Crippen molar-refractivity contribution in [2.24, 2.45) is 10.7 Å². The predicted molar refractivity (Wildman–Crippen MR) is 86.5 cm³/mol. The number of benzene rings is 1. The number of hydrogen-bond acceptors (Lipinski definition) is 4. The number of nitrogen functional groups attached to an aromatic ring is 1. The first kappa shape index (κ1) is 16.5. The third kappa shape index (κ3) is 4.20. The summed E-state index contributed by atoms with van der Waals surface area (Å²) in [6, 6.07) is 10.2. The van der Waals surface area contributed by atoms with Crippen molar-refractivity contribution in [3.05, 3.63) is 52.8 Å². The lowest BCUT2D eigenvalue weighted by Crippen LogP contribution is -2.16. The summed E-state index contributed by atoms with van der Waals surface area (Å²) in [5.41, 5.74) is 13.4. The van der Waals surface area contributed by atoms with Crippen molar-refractivity contribution in [3.8, 4) is 6.07 Å². The van der Waals surface area contributed by atoms with Crippen molar-refractivity contribution >= 4 is 28.8 Å². The van der Waals surface area contributed by atoms with E-state index in [9.17, 15) is 0 Å². The van der Waals surface area contributed by atoms with Crippen LogP contribution in [-0.2, 0) is 0 Å². The van der Waals surface area contributed by atoms with E-state index in [1.165, 1.54) is 0 Å². The van der Waals surface area contributed by atoms with E-state index in [1.807, 2.05) is 19.9 Å². The van der Waals surface area contributed by atoms with Crippen molar-refractivity contribution in [2.75, 3.05) is 5.73 Å². The van der Waals surface area contributed by atoms with E-state index in [4.69, 9.17) is 28.3 Å². The number of anilines is 1. The van der Waals surface area contributed by atoms with Crippen LogP contribution in [0.2, 0.25) is 5.02 Å². The van der Waals surface area contributed by atoms with E-state index in [-0.39, 0.29) is 5.84 Å². The number of nitrogens with two attached hydrogens (primary N) is 2. The van der Waals surface area contributed by atoms with Crippen LogP contribution in [0.25, 0.3) is 0 Å². The first-order chi connectivity index (χ1) is 10.1. The predicted octanol–water partition coefficient (Wildman–Crippen LogP) is 3.25. The van der Waals surface area contributed by atoms with E-state index < -0.39 is 0 Å². The third-order valence-corrected chi connectivity index (χ3v) is 2.72. The van der Waals surface area contributed by atoms with E-state index in [2.05, 4.69) is 9.98 Å². The highest BCUT2D eigenvalue weighted by Gasteiger charge is 2.06. The first-order valence-electron chi connectivity index (χ1n) is 6.36. The van der Waals surface area contributed by atoms with Gasteiger partial charge < -0.3 is 11.5 Å². The SMILES string of the molecule is CC.N#Cc1ccc(N=C(N)c2ncccc2N)cc1Cl. The lowest BCUT2D eigenvalue weighted by atomic mass is 10.2. The molecule has 1 heterocycles. The number of hydrogen-bond donors (Lipinski definition) is 2. The van der Waals surface area contributed by atoms with Gasteiger partial charge in [0.25, 0.3) is 0 Å². The zero-order valence-electron chi connectivity index (χ0n) is 11.8. The molecule has 0 aliphatic carbocycles.